The van der Waals surface area contributed by atoms with E-state index in [1.54, 1.807) is 26.2 Å². The molecular weight excluding hydrogens is 264 g/mol. The van der Waals surface area contributed by atoms with Gasteiger partial charge in [-0.2, -0.15) is 0 Å². The molecule has 0 spiro atoms. The number of hydrogen-bond donors (Lipinski definition) is 1. The normalized spacial score (nSPS) is 13.3. The third-order valence-corrected chi connectivity index (χ3v) is 3.29. The molecule has 112 valence electrons. The molecule has 0 aromatic heterocycles. The van der Waals surface area contributed by atoms with Crippen molar-refractivity contribution in [3.63, 3.8) is 0 Å². The molecule has 1 amide bonds. The highest BCUT2D eigenvalue weighted by molar-refractivity contribution is 7.80. The Morgan fingerprint density at radius 2 is 1.79 bits per heavy atom. The van der Waals surface area contributed by atoms with E-state index < -0.39 is 0 Å². The molecule has 0 saturated heterocycles. The van der Waals surface area contributed by atoms with E-state index in [1.165, 1.54) is 6.92 Å². The van der Waals surface area contributed by atoms with Crippen molar-refractivity contribution in [2.45, 2.75) is 40.0 Å². The monoisotopic (exact) mass is 290 g/mol. The highest BCUT2D eigenvalue weighted by Crippen LogP contribution is 2.24. The van der Waals surface area contributed by atoms with E-state index in [2.05, 4.69) is 26.1 Å². The number of ether oxygens (including phenoxy) is 2. The van der Waals surface area contributed by atoms with E-state index in [-0.39, 0.29) is 23.7 Å². The maximum absolute atomic E-state index is 11.6. The van der Waals surface area contributed by atoms with Crippen LogP contribution in [-0.2, 0) is 14.3 Å². The first-order chi connectivity index (χ1) is 8.65. The quantitative estimate of drug-likeness (QED) is 0.592. The van der Waals surface area contributed by atoms with Gasteiger partial charge in [0.05, 0.1) is 17.6 Å². The fourth-order valence-electron chi connectivity index (χ4n) is 1.88. The molecular formula is C13H26N2O3S. The first-order valence-electron chi connectivity index (χ1n) is 6.21. The molecule has 1 atom stereocenters. The van der Waals surface area contributed by atoms with Crippen LogP contribution < -0.4 is 5.32 Å². The fourth-order valence-corrected chi connectivity index (χ4v) is 2.47. The van der Waals surface area contributed by atoms with Crippen molar-refractivity contribution in [3.8, 4) is 0 Å². The fraction of sp³-hybridized carbons (Fsp3) is 0.846. The summed E-state index contributed by atoms with van der Waals surface area (Å²) in [7, 11) is 4.90. The summed E-state index contributed by atoms with van der Waals surface area (Å²) in [6.45, 7) is 8.14. The second-order valence-corrected chi connectivity index (χ2v) is 5.98. The van der Waals surface area contributed by atoms with Gasteiger partial charge in [-0.05, 0) is 5.41 Å². The van der Waals surface area contributed by atoms with Crippen LogP contribution in [0.3, 0.4) is 0 Å². The van der Waals surface area contributed by atoms with Crippen molar-refractivity contribution < 1.29 is 14.3 Å². The van der Waals surface area contributed by atoms with Crippen molar-refractivity contribution in [3.05, 3.63) is 0 Å². The molecule has 0 aromatic rings. The standard InChI is InChI=1S/C13H26N2O3S/c1-9(16)15(5)11(13(2,3)4)12(19)14-8-10(17-6)18-7/h10-11H,8H2,1-7H3,(H,14,19). The smallest absolute Gasteiger partial charge is 0.219 e. The Morgan fingerprint density at radius 3 is 2.11 bits per heavy atom. The number of carbonyl (C=O) groups excluding carboxylic acids is 1. The van der Waals surface area contributed by atoms with Crippen LogP contribution in [0.4, 0.5) is 0 Å². The zero-order valence-corrected chi connectivity index (χ0v) is 13.8. The first kappa shape index (κ1) is 18.3. The van der Waals surface area contributed by atoms with E-state index in [1.807, 2.05) is 0 Å². The minimum atomic E-state index is -0.360. The van der Waals surface area contributed by atoms with Crippen LogP contribution in [-0.4, -0.2) is 55.9 Å². The SMILES string of the molecule is COC(CNC(=S)C(N(C)C(C)=O)C(C)(C)C)OC. The van der Waals surface area contributed by atoms with Gasteiger partial charge in [-0.1, -0.05) is 33.0 Å². The van der Waals surface area contributed by atoms with Crippen molar-refractivity contribution >= 4 is 23.1 Å². The minimum absolute atomic E-state index is 0.0147. The average Bonchev–Trinajstić information content (AvgIpc) is 2.28. The van der Waals surface area contributed by atoms with Crippen molar-refractivity contribution in [2.75, 3.05) is 27.8 Å². The topological polar surface area (TPSA) is 50.8 Å². The van der Waals surface area contributed by atoms with Crippen LogP contribution in [0.25, 0.3) is 0 Å². The molecule has 0 rings (SSSR count). The number of nitrogens with one attached hydrogen (secondary N) is 1. The maximum Gasteiger partial charge on any atom is 0.219 e. The molecule has 5 nitrogen and oxygen atoms in total. The van der Waals surface area contributed by atoms with Gasteiger partial charge in [0.2, 0.25) is 5.91 Å². The summed E-state index contributed by atoms with van der Waals surface area (Å²) >= 11 is 5.42. The molecule has 0 heterocycles. The van der Waals surface area contributed by atoms with Gasteiger partial charge in [0.1, 0.15) is 0 Å². The summed E-state index contributed by atoms with van der Waals surface area (Å²) in [4.78, 5) is 13.8. The van der Waals surface area contributed by atoms with Gasteiger partial charge in [0, 0.05) is 28.2 Å². The predicted molar refractivity (Wildman–Crippen MR) is 80.1 cm³/mol. The lowest BCUT2D eigenvalue weighted by Crippen LogP contribution is -2.54. The van der Waals surface area contributed by atoms with Gasteiger partial charge < -0.3 is 19.7 Å². The Bertz CT molecular complexity index is 312. The van der Waals surface area contributed by atoms with Gasteiger partial charge in [0.25, 0.3) is 0 Å². The van der Waals surface area contributed by atoms with Crippen molar-refractivity contribution in [2.24, 2.45) is 5.41 Å². The summed E-state index contributed by atoms with van der Waals surface area (Å²) in [5, 5.41) is 3.11. The van der Waals surface area contributed by atoms with Crippen molar-refractivity contribution in [1.82, 2.24) is 10.2 Å². The number of likely N-dealkylation sites (N-methyl/N-ethyl adjacent to an activating group) is 1. The zero-order chi connectivity index (χ0) is 15.2. The zero-order valence-electron chi connectivity index (χ0n) is 12.9. The summed E-state index contributed by atoms with van der Waals surface area (Å²) in [6.07, 6.45) is -0.360. The molecule has 19 heavy (non-hydrogen) atoms. The lowest BCUT2D eigenvalue weighted by molar-refractivity contribution is -0.130. The van der Waals surface area contributed by atoms with E-state index in [0.29, 0.717) is 11.5 Å². The number of rotatable bonds is 6. The van der Waals surface area contributed by atoms with Gasteiger partial charge in [0.15, 0.2) is 6.29 Å². The largest absolute Gasteiger partial charge is 0.373 e. The molecule has 0 fully saturated rings. The van der Waals surface area contributed by atoms with Crippen LogP contribution in [0.5, 0.6) is 0 Å². The van der Waals surface area contributed by atoms with Crippen LogP contribution in [0, 0.1) is 5.41 Å². The molecule has 0 bridgehead atoms. The minimum Gasteiger partial charge on any atom is -0.373 e. The molecule has 0 aliphatic heterocycles. The Kier molecular flexibility index (Phi) is 7.47. The van der Waals surface area contributed by atoms with Crippen LogP contribution in [0.15, 0.2) is 0 Å². The molecule has 1 N–H and O–H groups in total. The number of nitrogens with zero attached hydrogens (tertiary/aromatic N) is 1. The highest BCUT2D eigenvalue weighted by Gasteiger charge is 2.33. The van der Waals surface area contributed by atoms with E-state index in [9.17, 15) is 4.79 Å². The Morgan fingerprint density at radius 1 is 1.32 bits per heavy atom. The second-order valence-electron chi connectivity index (χ2n) is 5.54. The van der Waals surface area contributed by atoms with Crippen molar-refractivity contribution in [1.29, 1.82) is 0 Å². The van der Waals surface area contributed by atoms with E-state index in [0.717, 1.165) is 0 Å². The van der Waals surface area contributed by atoms with E-state index in [4.69, 9.17) is 21.7 Å². The summed E-state index contributed by atoms with van der Waals surface area (Å²) in [6, 6.07) is -0.172. The van der Waals surface area contributed by atoms with Crippen LogP contribution in [0.2, 0.25) is 0 Å². The number of thiocarbonyl (C=S) groups is 1. The van der Waals surface area contributed by atoms with Gasteiger partial charge in [-0.25, -0.2) is 0 Å². The number of hydrogen-bond acceptors (Lipinski definition) is 4. The highest BCUT2D eigenvalue weighted by atomic mass is 32.1. The first-order valence-corrected chi connectivity index (χ1v) is 6.62. The third kappa shape index (κ3) is 5.84. The summed E-state index contributed by atoms with van der Waals surface area (Å²) < 4.78 is 10.2. The molecule has 0 saturated carbocycles. The summed E-state index contributed by atoms with van der Waals surface area (Å²) in [5.41, 5.74) is -0.153. The Hall–Kier alpha value is -0.720. The number of amides is 1. The molecule has 6 heteroatoms. The van der Waals surface area contributed by atoms with Crippen LogP contribution >= 0.6 is 12.2 Å². The Labute approximate surface area is 121 Å². The molecule has 0 aliphatic rings. The van der Waals surface area contributed by atoms with E-state index >= 15 is 0 Å². The average molecular weight is 290 g/mol. The maximum atomic E-state index is 11.6. The summed E-state index contributed by atoms with van der Waals surface area (Å²) in [5.74, 6) is -0.0147. The number of methoxy groups -OCH3 is 2. The number of carbonyl (C=O) groups is 1. The molecule has 0 aromatic carbocycles. The van der Waals surface area contributed by atoms with Gasteiger partial charge in [-0.3, -0.25) is 4.79 Å². The Balaban J connectivity index is 4.80. The third-order valence-electron chi connectivity index (χ3n) is 2.92. The lowest BCUT2D eigenvalue weighted by atomic mass is 9.85. The van der Waals surface area contributed by atoms with Crippen LogP contribution in [0.1, 0.15) is 27.7 Å². The lowest BCUT2D eigenvalue weighted by Gasteiger charge is -2.38. The molecule has 0 aliphatic carbocycles. The van der Waals surface area contributed by atoms with Gasteiger partial charge >= 0.3 is 0 Å². The molecule has 1 unspecified atom stereocenters. The van der Waals surface area contributed by atoms with Gasteiger partial charge in [-0.15, -0.1) is 0 Å². The predicted octanol–water partition coefficient (Wildman–Crippen LogP) is 1.42. The molecule has 0 radical (unpaired) electrons. The second kappa shape index (κ2) is 7.77.